The molecule has 1 aromatic rings. The summed E-state index contributed by atoms with van der Waals surface area (Å²) in [6, 6.07) is 4.00. The minimum atomic E-state index is -4.44. The van der Waals surface area contributed by atoms with E-state index >= 15 is 0 Å². The number of hydrogen-bond donors (Lipinski definition) is 1. The van der Waals surface area contributed by atoms with E-state index in [1.807, 2.05) is 6.92 Å². The number of aliphatic hydroxyl groups excluding tert-OH is 1. The maximum atomic E-state index is 13.2. The Balaban J connectivity index is 2.35. The van der Waals surface area contributed by atoms with Crippen LogP contribution in [0.5, 0.6) is 0 Å². The molecule has 1 aromatic carbocycles. The van der Waals surface area contributed by atoms with Gasteiger partial charge < -0.3 is 14.7 Å². The first-order valence-electron chi connectivity index (χ1n) is 6.95. The second-order valence-corrected chi connectivity index (χ2v) is 5.49. The van der Waals surface area contributed by atoms with Crippen molar-refractivity contribution < 1.29 is 23.0 Å². The number of hydrogen-bond acceptors (Lipinski definition) is 3. The highest BCUT2D eigenvalue weighted by Crippen LogP contribution is 2.38. The van der Waals surface area contributed by atoms with Gasteiger partial charge in [0.2, 0.25) is 0 Å². The summed E-state index contributed by atoms with van der Waals surface area (Å²) in [7, 11) is 1.59. The zero-order valence-electron chi connectivity index (χ0n) is 12.2. The molecule has 0 amide bonds. The molecule has 0 spiro atoms. The monoisotopic (exact) mass is 303 g/mol. The molecule has 1 fully saturated rings. The Morgan fingerprint density at radius 2 is 2.10 bits per heavy atom. The van der Waals surface area contributed by atoms with E-state index in [0.29, 0.717) is 19.0 Å². The van der Waals surface area contributed by atoms with Crippen molar-refractivity contribution in [2.24, 2.45) is 5.92 Å². The molecule has 0 aliphatic carbocycles. The lowest BCUT2D eigenvalue weighted by molar-refractivity contribution is -0.137. The predicted molar refractivity (Wildman–Crippen MR) is 74.2 cm³/mol. The first-order valence-corrected chi connectivity index (χ1v) is 6.95. The van der Waals surface area contributed by atoms with E-state index in [1.54, 1.807) is 12.0 Å². The molecule has 1 N–H and O–H groups in total. The summed E-state index contributed by atoms with van der Waals surface area (Å²) < 4.78 is 45.1. The van der Waals surface area contributed by atoms with Crippen molar-refractivity contribution in [3.8, 4) is 0 Å². The lowest BCUT2D eigenvalue weighted by atomic mass is 9.94. The van der Waals surface area contributed by atoms with Gasteiger partial charge >= 0.3 is 6.18 Å². The van der Waals surface area contributed by atoms with Gasteiger partial charge in [0.15, 0.2) is 0 Å². The van der Waals surface area contributed by atoms with Gasteiger partial charge in [0, 0.05) is 25.9 Å². The highest BCUT2D eigenvalue weighted by Gasteiger charge is 2.37. The molecule has 0 aromatic heterocycles. The van der Waals surface area contributed by atoms with Gasteiger partial charge in [-0.2, -0.15) is 13.2 Å². The average molecular weight is 303 g/mol. The van der Waals surface area contributed by atoms with E-state index in [2.05, 4.69) is 0 Å². The first kappa shape index (κ1) is 16.1. The van der Waals surface area contributed by atoms with E-state index in [0.717, 1.165) is 12.5 Å². The molecule has 2 unspecified atom stereocenters. The average Bonchev–Trinajstić information content (AvgIpc) is 2.46. The normalized spacial score (nSPS) is 23.4. The quantitative estimate of drug-likeness (QED) is 0.931. The van der Waals surface area contributed by atoms with Crippen LogP contribution >= 0.6 is 0 Å². The van der Waals surface area contributed by atoms with E-state index in [9.17, 15) is 13.2 Å². The molecule has 1 heterocycles. The summed E-state index contributed by atoms with van der Waals surface area (Å²) in [5.74, 6) is 0.331. The Labute approximate surface area is 122 Å². The number of benzene rings is 1. The molecule has 6 heteroatoms. The molecule has 0 bridgehead atoms. The molecule has 0 radical (unpaired) electrons. The number of anilines is 1. The Hall–Kier alpha value is -1.27. The van der Waals surface area contributed by atoms with Crippen LogP contribution in [-0.2, 0) is 17.5 Å². The molecule has 3 nitrogen and oxygen atoms in total. The number of halogens is 3. The second kappa shape index (κ2) is 6.23. The Morgan fingerprint density at radius 1 is 1.38 bits per heavy atom. The third-order valence-corrected chi connectivity index (χ3v) is 4.08. The fourth-order valence-electron chi connectivity index (χ4n) is 2.74. The lowest BCUT2D eigenvalue weighted by Gasteiger charge is -2.38. The van der Waals surface area contributed by atoms with Gasteiger partial charge in [0.1, 0.15) is 0 Å². The standard InChI is InChI=1S/C15H20F3NO2/c1-10-5-6-19(8-14(10)21-2)13-4-3-11(9-20)7-12(13)15(16,17)18/h3-4,7,10,14,20H,5-6,8-9H2,1-2H3. The van der Waals surface area contributed by atoms with Crippen molar-refractivity contribution in [2.75, 3.05) is 25.1 Å². The first-order chi connectivity index (χ1) is 9.86. The van der Waals surface area contributed by atoms with Gasteiger partial charge in [-0.05, 0) is 30.0 Å². The zero-order chi connectivity index (χ0) is 15.6. The Bertz CT molecular complexity index is 490. The Kier molecular flexibility index (Phi) is 4.78. The number of methoxy groups -OCH3 is 1. The van der Waals surface area contributed by atoms with E-state index in [-0.39, 0.29) is 17.4 Å². The van der Waals surface area contributed by atoms with Crippen LogP contribution in [0.4, 0.5) is 18.9 Å². The SMILES string of the molecule is COC1CN(c2ccc(CO)cc2C(F)(F)F)CCC1C. The van der Waals surface area contributed by atoms with Crippen LogP contribution in [-0.4, -0.2) is 31.4 Å². The largest absolute Gasteiger partial charge is 0.418 e. The van der Waals surface area contributed by atoms with Gasteiger partial charge in [-0.1, -0.05) is 13.0 Å². The maximum Gasteiger partial charge on any atom is 0.418 e. The smallest absolute Gasteiger partial charge is 0.392 e. The number of rotatable bonds is 3. The van der Waals surface area contributed by atoms with Crippen molar-refractivity contribution >= 4 is 5.69 Å². The van der Waals surface area contributed by atoms with E-state index < -0.39 is 18.3 Å². The van der Waals surface area contributed by atoms with Crippen LogP contribution in [0.2, 0.25) is 0 Å². The molecule has 118 valence electrons. The number of piperidine rings is 1. The predicted octanol–water partition coefficient (Wildman–Crippen LogP) is 3.06. The molecular weight excluding hydrogens is 283 g/mol. The maximum absolute atomic E-state index is 13.2. The van der Waals surface area contributed by atoms with Crippen molar-refractivity contribution in [1.82, 2.24) is 0 Å². The van der Waals surface area contributed by atoms with Crippen molar-refractivity contribution in [2.45, 2.75) is 32.2 Å². The summed E-state index contributed by atoms with van der Waals surface area (Å²) in [6.07, 6.45) is -3.72. The number of aliphatic hydroxyl groups is 1. The molecule has 0 saturated carbocycles. The lowest BCUT2D eigenvalue weighted by Crippen LogP contribution is -2.44. The minimum absolute atomic E-state index is 0.0719. The Morgan fingerprint density at radius 3 is 2.67 bits per heavy atom. The van der Waals surface area contributed by atoms with Gasteiger partial charge in [0.05, 0.1) is 18.3 Å². The molecule has 21 heavy (non-hydrogen) atoms. The summed E-state index contributed by atoms with van der Waals surface area (Å²) in [6.45, 7) is 2.66. The van der Waals surface area contributed by atoms with Gasteiger partial charge in [-0.25, -0.2) is 0 Å². The van der Waals surface area contributed by atoms with Gasteiger partial charge in [-0.15, -0.1) is 0 Å². The van der Waals surface area contributed by atoms with Gasteiger partial charge in [-0.3, -0.25) is 0 Å². The fourth-order valence-corrected chi connectivity index (χ4v) is 2.74. The second-order valence-electron chi connectivity index (χ2n) is 5.49. The van der Waals surface area contributed by atoms with Crippen LogP contribution in [0.3, 0.4) is 0 Å². The van der Waals surface area contributed by atoms with Crippen LogP contribution in [0.25, 0.3) is 0 Å². The summed E-state index contributed by atoms with van der Waals surface area (Å²) in [4.78, 5) is 1.72. The van der Waals surface area contributed by atoms with Gasteiger partial charge in [0.25, 0.3) is 0 Å². The van der Waals surface area contributed by atoms with Crippen molar-refractivity contribution in [3.05, 3.63) is 29.3 Å². The zero-order valence-corrected chi connectivity index (χ0v) is 12.2. The van der Waals surface area contributed by atoms with Crippen LogP contribution < -0.4 is 4.90 Å². The molecule has 1 aliphatic heterocycles. The van der Waals surface area contributed by atoms with Crippen molar-refractivity contribution in [3.63, 3.8) is 0 Å². The summed E-state index contributed by atoms with van der Waals surface area (Å²) in [5.41, 5.74) is -0.271. The van der Waals surface area contributed by atoms with Crippen LogP contribution in [0, 0.1) is 5.92 Å². The highest BCUT2D eigenvalue weighted by molar-refractivity contribution is 5.57. The fraction of sp³-hybridized carbons (Fsp3) is 0.600. The minimum Gasteiger partial charge on any atom is -0.392 e. The highest BCUT2D eigenvalue weighted by atomic mass is 19.4. The number of ether oxygens (including phenoxy) is 1. The molecular formula is C15H20F3NO2. The third-order valence-electron chi connectivity index (χ3n) is 4.08. The van der Waals surface area contributed by atoms with E-state index in [4.69, 9.17) is 9.84 Å². The van der Waals surface area contributed by atoms with E-state index in [1.165, 1.54) is 12.1 Å². The van der Waals surface area contributed by atoms with Crippen molar-refractivity contribution in [1.29, 1.82) is 0 Å². The molecule has 1 saturated heterocycles. The third kappa shape index (κ3) is 3.49. The van der Waals surface area contributed by atoms with Crippen LogP contribution in [0.15, 0.2) is 18.2 Å². The molecule has 1 aliphatic rings. The summed E-state index contributed by atoms with van der Waals surface area (Å²) >= 11 is 0. The van der Waals surface area contributed by atoms with Crippen LogP contribution in [0.1, 0.15) is 24.5 Å². The molecule has 2 atom stereocenters. The number of alkyl halides is 3. The summed E-state index contributed by atoms with van der Waals surface area (Å²) in [5, 5.41) is 9.04. The number of nitrogens with zero attached hydrogens (tertiary/aromatic N) is 1. The molecule has 2 rings (SSSR count). The topological polar surface area (TPSA) is 32.7 Å².